The van der Waals surface area contributed by atoms with Gasteiger partial charge in [0.15, 0.2) is 12.3 Å². The van der Waals surface area contributed by atoms with Gasteiger partial charge in [-0.1, -0.05) is 0 Å². The molecule has 2 atom stereocenters. The average molecular weight is 365 g/mol. The van der Waals surface area contributed by atoms with Gasteiger partial charge < -0.3 is 14.2 Å². The number of aromatic amines is 1. The quantitative estimate of drug-likeness (QED) is 0.501. The van der Waals surface area contributed by atoms with E-state index in [1.165, 1.54) is 20.4 Å². The van der Waals surface area contributed by atoms with E-state index in [-0.39, 0.29) is 13.2 Å². The third-order valence-electron chi connectivity index (χ3n) is 2.69. The van der Waals surface area contributed by atoms with Crippen molar-refractivity contribution in [1.29, 1.82) is 0 Å². The lowest BCUT2D eigenvalue weighted by atomic mass is 10.3. The highest BCUT2D eigenvalue weighted by Crippen LogP contribution is 2.10. The van der Waals surface area contributed by atoms with Gasteiger partial charge in [-0.3, -0.25) is 23.9 Å². The summed E-state index contributed by atoms with van der Waals surface area (Å²) >= 11 is 0. The Kier molecular flexibility index (Phi) is 7.28. The highest BCUT2D eigenvalue weighted by Gasteiger charge is 2.27. The van der Waals surface area contributed by atoms with Crippen LogP contribution in [0.3, 0.4) is 0 Å². The molecule has 1 aromatic rings. The second kappa shape index (κ2) is 8.73. The molecule has 1 rings (SSSR count). The average Bonchev–Trinajstić information content (AvgIpc) is 2.44. The minimum absolute atomic E-state index is 0.141. The highest BCUT2D eigenvalue weighted by molar-refractivity contribution is 7.89. The van der Waals surface area contributed by atoms with Crippen molar-refractivity contribution in [3.63, 3.8) is 0 Å². The van der Waals surface area contributed by atoms with Gasteiger partial charge in [0.1, 0.15) is 0 Å². The number of nitrogens with one attached hydrogen (secondary N) is 2. The van der Waals surface area contributed by atoms with Crippen molar-refractivity contribution < 1.29 is 27.4 Å². The van der Waals surface area contributed by atoms with E-state index in [9.17, 15) is 22.8 Å². The van der Waals surface area contributed by atoms with E-state index in [0.717, 1.165) is 16.9 Å². The van der Waals surface area contributed by atoms with Crippen LogP contribution in [0.5, 0.6) is 0 Å². The number of sulfonamides is 1. The molecule has 1 amide bonds. The number of aromatic nitrogens is 2. The number of amides is 1. The summed E-state index contributed by atoms with van der Waals surface area (Å²) in [5.41, 5.74) is -1.38. The summed E-state index contributed by atoms with van der Waals surface area (Å²) in [6, 6.07) is 1.09. The van der Waals surface area contributed by atoms with E-state index in [1.54, 1.807) is 4.72 Å². The number of carbonyl (C=O) groups is 1. The van der Waals surface area contributed by atoms with Crippen LogP contribution in [-0.2, 0) is 29.0 Å². The van der Waals surface area contributed by atoms with Gasteiger partial charge >= 0.3 is 5.69 Å². The van der Waals surface area contributed by atoms with Crippen LogP contribution in [-0.4, -0.2) is 63.7 Å². The van der Waals surface area contributed by atoms with Crippen molar-refractivity contribution in [3.8, 4) is 0 Å². The van der Waals surface area contributed by atoms with E-state index in [1.807, 2.05) is 4.98 Å². The molecule has 0 spiro atoms. The monoisotopic (exact) mass is 365 g/mol. The maximum absolute atomic E-state index is 12.0. The zero-order valence-electron chi connectivity index (χ0n) is 13.3. The van der Waals surface area contributed by atoms with Crippen molar-refractivity contribution in [1.82, 2.24) is 14.3 Å². The van der Waals surface area contributed by atoms with Gasteiger partial charge in [-0.15, -0.1) is 0 Å². The van der Waals surface area contributed by atoms with Crippen molar-refractivity contribution in [3.05, 3.63) is 33.1 Å². The number of rotatable bonds is 9. The normalized spacial score (nSPS) is 14.1. The van der Waals surface area contributed by atoms with Gasteiger partial charge in [0.2, 0.25) is 10.0 Å². The second-order valence-corrected chi connectivity index (χ2v) is 6.49. The van der Waals surface area contributed by atoms with Crippen LogP contribution in [0.1, 0.15) is 6.23 Å². The lowest BCUT2D eigenvalue weighted by Gasteiger charge is -2.24. The summed E-state index contributed by atoms with van der Waals surface area (Å²) in [5, 5.41) is 0. The van der Waals surface area contributed by atoms with Crippen LogP contribution in [0.15, 0.2) is 21.9 Å². The van der Waals surface area contributed by atoms with E-state index in [4.69, 9.17) is 14.2 Å². The first-order valence-corrected chi connectivity index (χ1v) is 8.53. The topological polar surface area (TPSA) is 146 Å². The molecule has 12 heteroatoms. The molecule has 0 fully saturated rings. The Morgan fingerprint density at radius 1 is 1.29 bits per heavy atom. The van der Waals surface area contributed by atoms with Crippen molar-refractivity contribution in [2.45, 2.75) is 12.3 Å². The van der Waals surface area contributed by atoms with Crippen molar-refractivity contribution >= 4 is 15.9 Å². The summed E-state index contributed by atoms with van der Waals surface area (Å²) < 4.78 is 40.4. The summed E-state index contributed by atoms with van der Waals surface area (Å²) in [4.78, 5) is 37.0. The van der Waals surface area contributed by atoms with E-state index in [2.05, 4.69) is 0 Å². The summed E-state index contributed by atoms with van der Waals surface area (Å²) in [6.45, 7) is -0.405. The Bertz CT molecular complexity index is 769. The maximum Gasteiger partial charge on any atom is 0.330 e. The van der Waals surface area contributed by atoms with Crippen LogP contribution < -0.4 is 16.0 Å². The number of hydrogen-bond donors (Lipinski definition) is 2. The number of ether oxygens (including phenoxy) is 3. The Balaban J connectivity index is 3.07. The molecule has 0 aliphatic rings. The minimum atomic E-state index is -3.80. The lowest BCUT2D eigenvalue weighted by Crippen LogP contribution is -2.45. The molecule has 0 saturated carbocycles. The van der Waals surface area contributed by atoms with Crippen molar-refractivity contribution in [2.75, 3.05) is 33.7 Å². The Hall–Kier alpha value is -2.02. The molecule has 24 heavy (non-hydrogen) atoms. The molecule has 2 N–H and O–H groups in total. The number of H-pyrrole nitrogens is 1. The third-order valence-corrected chi connectivity index (χ3v) is 3.26. The van der Waals surface area contributed by atoms with Gasteiger partial charge in [-0.2, -0.15) is 0 Å². The Labute approximate surface area is 137 Å². The molecule has 0 radical (unpaired) electrons. The molecule has 11 nitrogen and oxygen atoms in total. The van der Waals surface area contributed by atoms with Crippen LogP contribution >= 0.6 is 0 Å². The zero-order valence-corrected chi connectivity index (χ0v) is 14.2. The van der Waals surface area contributed by atoms with Gasteiger partial charge in [0.05, 0.1) is 19.5 Å². The number of nitrogens with zero attached hydrogens (tertiary/aromatic N) is 1. The molecular weight excluding hydrogens is 346 g/mol. The Morgan fingerprint density at radius 2 is 1.92 bits per heavy atom. The van der Waals surface area contributed by atoms with Gasteiger partial charge in [-0.25, -0.2) is 13.2 Å². The molecule has 1 aromatic heterocycles. The van der Waals surface area contributed by atoms with Crippen LogP contribution in [0, 0.1) is 0 Å². The van der Waals surface area contributed by atoms with Gasteiger partial charge in [-0.05, 0) is 0 Å². The first-order valence-electron chi connectivity index (χ1n) is 6.64. The van der Waals surface area contributed by atoms with Crippen LogP contribution in [0.2, 0.25) is 0 Å². The molecule has 136 valence electrons. The molecule has 0 aliphatic heterocycles. The molecule has 0 saturated heterocycles. The van der Waals surface area contributed by atoms with E-state index >= 15 is 0 Å². The predicted molar refractivity (Wildman–Crippen MR) is 82.0 cm³/mol. The fourth-order valence-electron chi connectivity index (χ4n) is 1.75. The fourth-order valence-corrected chi connectivity index (χ4v) is 2.24. The molecule has 0 aliphatic carbocycles. The SMILES string of the molecule is COC[C@H](O[C@H](COC)n1ccc(=O)[nH]c1=O)C(=O)NS(C)(=O)=O. The molecule has 0 unspecified atom stereocenters. The smallest absolute Gasteiger partial charge is 0.330 e. The second-order valence-electron chi connectivity index (χ2n) is 4.75. The maximum atomic E-state index is 12.0. The first-order chi connectivity index (χ1) is 11.2. The van der Waals surface area contributed by atoms with E-state index in [0.29, 0.717) is 0 Å². The standard InChI is InChI=1S/C12H19N3O8S/c1-21-6-8(11(17)14-24(3,19)20)23-10(7-22-2)15-5-4-9(16)13-12(15)18/h4-5,8,10H,6-7H2,1-3H3,(H,14,17)(H,13,16,18)/t8-,10+/m0/s1. The van der Waals surface area contributed by atoms with Crippen molar-refractivity contribution in [2.24, 2.45) is 0 Å². The molecule has 1 heterocycles. The number of methoxy groups -OCH3 is 2. The molecule has 0 aromatic carbocycles. The van der Waals surface area contributed by atoms with Crippen LogP contribution in [0.25, 0.3) is 0 Å². The highest BCUT2D eigenvalue weighted by atomic mass is 32.2. The first kappa shape index (κ1) is 20.0. The lowest BCUT2D eigenvalue weighted by molar-refractivity contribution is -0.150. The summed E-state index contributed by atoms with van der Waals surface area (Å²) in [7, 11) is -1.16. The van der Waals surface area contributed by atoms with Gasteiger partial charge in [0.25, 0.3) is 11.5 Å². The fraction of sp³-hybridized carbons (Fsp3) is 0.583. The predicted octanol–water partition coefficient (Wildman–Crippen LogP) is -2.21. The largest absolute Gasteiger partial charge is 0.381 e. The number of carbonyl (C=O) groups excluding carboxylic acids is 1. The number of hydrogen-bond acceptors (Lipinski definition) is 8. The Morgan fingerprint density at radius 3 is 2.42 bits per heavy atom. The minimum Gasteiger partial charge on any atom is -0.381 e. The third kappa shape index (κ3) is 6.23. The summed E-state index contributed by atoms with van der Waals surface area (Å²) in [6.07, 6.45) is -0.440. The molecule has 0 bridgehead atoms. The van der Waals surface area contributed by atoms with E-state index < -0.39 is 39.5 Å². The zero-order chi connectivity index (χ0) is 18.3. The van der Waals surface area contributed by atoms with Gasteiger partial charge in [0, 0.05) is 26.5 Å². The summed E-state index contributed by atoms with van der Waals surface area (Å²) in [5.74, 6) is -0.960. The molecular formula is C12H19N3O8S. The van der Waals surface area contributed by atoms with Crippen LogP contribution in [0.4, 0.5) is 0 Å².